The fourth-order valence-corrected chi connectivity index (χ4v) is 2.47. The van der Waals surface area contributed by atoms with E-state index in [4.69, 9.17) is 4.74 Å². The molecular weight excluding hydrogens is 349 g/mol. The summed E-state index contributed by atoms with van der Waals surface area (Å²) in [5.41, 5.74) is 2.38. The Bertz CT molecular complexity index is 967. The number of anilines is 1. The number of carbonyl (C=O) groups is 2. The molecule has 6 nitrogen and oxygen atoms in total. The van der Waals surface area contributed by atoms with Crippen LogP contribution in [0.4, 0.5) is 10.1 Å². The lowest BCUT2D eigenvalue weighted by Crippen LogP contribution is -2.30. The lowest BCUT2D eigenvalue weighted by molar-refractivity contribution is -0.123. The van der Waals surface area contributed by atoms with Crippen LogP contribution in [-0.4, -0.2) is 27.8 Å². The molecule has 0 saturated carbocycles. The number of halogens is 1. The molecule has 1 amide bonds. The summed E-state index contributed by atoms with van der Waals surface area (Å²) in [6.07, 6.45) is 0.657. The number of nitrogens with one attached hydrogen (secondary N) is 1. The van der Waals surface area contributed by atoms with Gasteiger partial charge in [-0.1, -0.05) is 6.07 Å². The number of esters is 1. The first-order valence-corrected chi connectivity index (χ1v) is 8.32. The van der Waals surface area contributed by atoms with Crippen LogP contribution in [0.25, 0.3) is 5.69 Å². The molecule has 1 N–H and O–H groups in total. The van der Waals surface area contributed by atoms with Crippen molar-refractivity contribution in [2.75, 3.05) is 5.32 Å². The SMILES string of the molecule is Cc1ccnn1-c1ccc(C(=O)OC(C)C(=O)Nc2cccc(F)c2)cc1. The van der Waals surface area contributed by atoms with Crippen molar-refractivity contribution in [2.24, 2.45) is 0 Å². The number of benzene rings is 2. The van der Waals surface area contributed by atoms with E-state index in [0.29, 0.717) is 11.3 Å². The molecule has 1 aromatic heterocycles. The molecule has 1 heterocycles. The maximum absolute atomic E-state index is 13.2. The number of amides is 1. The zero-order valence-electron chi connectivity index (χ0n) is 14.8. The molecule has 138 valence electrons. The fourth-order valence-electron chi connectivity index (χ4n) is 2.47. The Hall–Kier alpha value is -3.48. The van der Waals surface area contributed by atoms with Crippen molar-refractivity contribution in [1.29, 1.82) is 0 Å². The zero-order valence-corrected chi connectivity index (χ0v) is 14.8. The first kappa shape index (κ1) is 18.3. The Balaban J connectivity index is 1.62. The van der Waals surface area contributed by atoms with Gasteiger partial charge in [0, 0.05) is 17.6 Å². The Morgan fingerprint density at radius 3 is 2.52 bits per heavy atom. The van der Waals surface area contributed by atoms with Crippen LogP contribution in [0.2, 0.25) is 0 Å². The van der Waals surface area contributed by atoms with Gasteiger partial charge in [-0.2, -0.15) is 5.10 Å². The monoisotopic (exact) mass is 367 g/mol. The lowest BCUT2D eigenvalue weighted by atomic mass is 10.2. The minimum atomic E-state index is -1.03. The molecule has 1 unspecified atom stereocenters. The van der Waals surface area contributed by atoms with Crippen LogP contribution in [0.15, 0.2) is 60.8 Å². The van der Waals surface area contributed by atoms with E-state index < -0.39 is 23.8 Å². The van der Waals surface area contributed by atoms with E-state index in [0.717, 1.165) is 11.4 Å². The van der Waals surface area contributed by atoms with Gasteiger partial charge >= 0.3 is 5.97 Å². The molecule has 2 aromatic carbocycles. The van der Waals surface area contributed by atoms with Crippen molar-refractivity contribution in [3.8, 4) is 5.69 Å². The number of aromatic nitrogens is 2. The predicted molar refractivity (Wildman–Crippen MR) is 98.2 cm³/mol. The second-order valence-corrected chi connectivity index (χ2v) is 5.98. The smallest absolute Gasteiger partial charge is 0.338 e. The van der Waals surface area contributed by atoms with Crippen molar-refractivity contribution >= 4 is 17.6 Å². The Labute approximate surface area is 155 Å². The van der Waals surface area contributed by atoms with Crippen LogP contribution in [0, 0.1) is 12.7 Å². The zero-order chi connectivity index (χ0) is 19.4. The van der Waals surface area contributed by atoms with E-state index in [9.17, 15) is 14.0 Å². The third-order valence-electron chi connectivity index (χ3n) is 3.92. The standard InChI is InChI=1S/C20H18FN3O3/c1-13-10-11-22-24(13)18-8-6-15(7-9-18)20(26)27-14(2)19(25)23-17-5-3-4-16(21)12-17/h3-12,14H,1-2H3,(H,23,25). The maximum Gasteiger partial charge on any atom is 0.338 e. The average Bonchev–Trinajstić information content (AvgIpc) is 3.07. The summed E-state index contributed by atoms with van der Waals surface area (Å²) in [5, 5.41) is 6.70. The topological polar surface area (TPSA) is 73.2 Å². The number of hydrogen-bond acceptors (Lipinski definition) is 4. The Morgan fingerprint density at radius 2 is 1.89 bits per heavy atom. The first-order chi connectivity index (χ1) is 12.9. The quantitative estimate of drug-likeness (QED) is 0.701. The highest BCUT2D eigenvalue weighted by atomic mass is 19.1. The third-order valence-corrected chi connectivity index (χ3v) is 3.92. The summed E-state index contributed by atoms with van der Waals surface area (Å²) in [7, 11) is 0. The van der Waals surface area contributed by atoms with Gasteiger partial charge in [0.15, 0.2) is 6.10 Å². The summed E-state index contributed by atoms with van der Waals surface area (Å²) in [6, 6.07) is 14.1. The van der Waals surface area contributed by atoms with Crippen molar-refractivity contribution in [1.82, 2.24) is 9.78 Å². The molecule has 3 aromatic rings. The molecule has 0 bridgehead atoms. The van der Waals surface area contributed by atoms with E-state index in [1.54, 1.807) is 41.2 Å². The number of carbonyl (C=O) groups excluding carboxylic acids is 2. The lowest BCUT2D eigenvalue weighted by Gasteiger charge is -2.14. The molecule has 0 radical (unpaired) electrons. The third kappa shape index (κ3) is 4.38. The van der Waals surface area contributed by atoms with Crippen LogP contribution in [0.5, 0.6) is 0 Å². The number of aryl methyl sites for hydroxylation is 1. The van der Waals surface area contributed by atoms with Gasteiger partial charge in [0.1, 0.15) is 5.82 Å². The second-order valence-electron chi connectivity index (χ2n) is 5.98. The van der Waals surface area contributed by atoms with Crippen molar-refractivity contribution in [3.05, 3.63) is 77.9 Å². The molecule has 0 aliphatic carbocycles. The van der Waals surface area contributed by atoms with Crippen LogP contribution in [0.1, 0.15) is 23.0 Å². The van der Waals surface area contributed by atoms with Gasteiger partial charge in [-0.05, 0) is 62.4 Å². The van der Waals surface area contributed by atoms with E-state index in [1.807, 2.05) is 13.0 Å². The van der Waals surface area contributed by atoms with Gasteiger partial charge in [0.05, 0.1) is 11.3 Å². The number of hydrogen-bond donors (Lipinski definition) is 1. The van der Waals surface area contributed by atoms with Crippen molar-refractivity contribution < 1.29 is 18.7 Å². The van der Waals surface area contributed by atoms with Gasteiger partial charge in [-0.15, -0.1) is 0 Å². The van der Waals surface area contributed by atoms with Gasteiger partial charge in [-0.25, -0.2) is 13.9 Å². The van der Waals surface area contributed by atoms with Crippen molar-refractivity contribution in [2.45, 2.75) is 20.0 Å². The number of ether oxygens (including phenoxy) is 1. The fraction of sp³-hybridized carbons (Fsp3) is 0.150. The molecular formula is C20H18FN3O3. The number of nitrogens with zero attached hydrogens (tertiary/aromatic N) is 2. The van der Waals surface area contributed by atoms with Crippen LogP contribution in [0.3, 0.4) is 0 Å². The molecule has 7 heteroatoms. The van der Waals surface area contributed by atoms with Crippen LogP contribution in [-0.2, 0) is 9.53 Å². The largest absolute Gasteiger partial charge is 0.449 e. The van der Waals surface area contributed by atoms with Crippen LogP contribution < -0.4 is 5.32 Å². The summed E-state index contributed by atoms with van der Waals surface area (Å²) in [4.78, 5) is 24.4. The van der Waals surface area contributed by atoms with E-state index in [2.05, 4.69) is 10.4 Å². The van der Waals surface area contributed by atoms with Crippen molar-refractivity contribution in [3.63, 3.8) is 0 Å². The second kappa shape index (κ2) is 7.82. The summed E-state index contributed by atoms with van der Waals surface area (Å²) >= 11 is 0. The molecule has 0 spiro atoms. The minimum Gasteiger partial charge on any atom is -0.449 e. The van der Waals surface area contributed by atoms with Gasteiger partial charge in [0.2, 0.25) is 0 Å². The Morgan fingerprint density at radius 1 is 1.15 bits per heavy atom. The van der Waals surface area contributed by atoms with Gasteiger partial charge in [-0.3, -0.25) is 4.79 Å². The molecule has 3 rings (SSSR count). The number of rotatable bonds is 5. The highest BCUT2D eigenvalue weighted by Crippen LogP contribution is 2.14. The Kier molecular flexibility index (Phi) is 5.30. The summed E-state index contributed by atoms with van der Waals surface area (Å²) in [5.74, 6) is -1.64. The van der Waals surface area contributed by atoms with E-state index in [1.165, 1.54) is 25.1 Å². The summed E-state index contributed by atoms with van der Waals surface area (Å²) in [6.45, 7) is 3.38. The predicted octanol–water partition coefficient (Wildman–Crippen LogP) is 3.50. The average molecular weight is 367 g/mol. The van der Waals surface area contributed by atoms with E-state index >= 15 is 0 Å². The molecule has 0 aliphatic rings. The molecule has 1 atom stereocenters. The molecule has 27 heavy (non-hydrogen) atoms. The first-order valence-electron chi connectivity index (χ1n) is 8.32. The van der Waals surface area contributed by atoms with Crippen LogP contribution >= 0.6 is 0 Å². The summed E-state index contributed by atoms with van der Waals surface area (Å²) < 4.78 is 20.1. The van der Waals surface area contributed by atoms with Gasteiger partial charge in [0.25, 0.3) is 5.91 Å². The highest BCUT2D eigenvalue weighted by Gasteiger charge is 2.19. The molecule has 0 aliphatic heterocycles. The highest BCUT2D eigenvalue weighted by molar-refractivity contribution is 5.97. The molecule has 0 fully saturated rings. The van der Waals surface area contributed by atoms with E-state index in [-0.39, 0.29) is 0 Å². The maximum atomic E-state index is 13.2. The molecule has 0 saturated heterocycles. The normalized spacial score (nSPS) is 11.7. The van der Waals surface area contributed by atoms with Gasteiger partial charge < -0.3 is 10.1 Å². The minimum absolute atomic E-state index is 0.293.